The molecule has 2 aromatic rings. The molecular weight excluding hydrogens is 408 g/mol. The van der Waals surface area contributed by atoms with E-state index < -0.39 is 0 Å². The second kappa shape index (κ2) is 12.3. The lowest BCUT2D eigenvalue weighted by molar-refractivity contribution is -0.125. The molecule has 0 unspecified atom stereocenters. The number of aromatic nitrogens is 4. The van der Waals surface area contributed by atoms with E-state index in [4.69, 9.17) is 9.97 Å². The third-order valence-corrected chi connectivity index (χ3v) is 6.87. The topological polar surface area (TPSA) is 75.9 Å². The zero-order valence-electron chi connectivity index (χ0n) is 19.4. The molecule has 7 nitrogen and oxygen atoms in total. The first kappa shape index (κ1) is 23.8. The Morgan fingerprint density at radius 3 is 2.52 bits per heavy atom. The highest BCUT2D eigenvalue weighted by molar-refractivity contribution is 7.99. The molecule has 0 atom stereocenters. The van der Waals surface area contributed by atoms with Crippen LogP contribution in [0, 0.1) is 5.92 Å². The highest BCUT2D eigenvalue weighted by Gasteiger charge is 2.20. The molecule has 3 heterocycles. The molecule has 0 radical (unpaired) electrons. The average molecular weight is 447 g/mol. The molecular formula is C23H38N6OS. The Labute approximate surface area is 190 Å². The smallest absolute Gasteiger partial charge is 0.223 e. The van der Waals surface area contributed by atoms with Gasteiger partial charge >= 0.3 is 0 Å². The number of amides is 1. The van der Waals surface area contributed by atoms with Gasteiger partial charge in [0.15, 0.2) is 10.8 Å². The van der Waals surface area contributed by atoms with Crippen molar-refractivity contribution >= 4 is 34.5 Å². The first-order valence-electron chi connectivity index (χ1n) is 12.1. The van der Waals surface area contributed by atoms with Gasteiger partial charge in [-0.2, -0.15) is 5.10 Å². The SMILES string of the molecule is CCCSc1nc(N2CCCCC2)c2cnn(CCNC(=O)C(CCC)CCC)c2n1. The van der Waals surface area contributed by atoms with Crippen molar-refractivity contribution in [2.45, 2.75) is 83.8 Å². The molecule has 2 aromatic heterocycles. The zero-order valence-corrected chi connectivity index (χ0v) is 20.2. The third-order valence-electron chi connectivity index (χ3n) is 5.81. The van der Waals surface area contributed by atoms with Crippen LogP contribution in [0.1, 0.15) is 72.1 Å². The van der Waals surface area contributed by atoms with Crippen molar-refractivity contribution in [1.29, 1.82) is 0 Å². The summed E-state index contributed by atoms with van der Waals surface area (Å²) in [4.78, 5) is 24.7. The predicted molar refractivity (Wildman–Crippen MR) is 129 cm³/mol. The van der Waals surface area contributed by atoms with E-state index in [1.165, 1.54) is 19.3 Å². The van der Waals surface area contributed by atoms with Gasteiger partial charge in [-0.25, -0.2) is 14.6 Å². The minimum atomic E-state index is 0.120. The number of nitrogens with one attached hydrogen (secondary N) is 1. The Balaban J connectivity index is 1.75. The number of carbonyl (C=O) groups is 1. The lowest BCUT2D eigenvalue weighted by Crippen LogP contribution is -2.33. The van der Waals surface area contributed by atoms with Gasteiger partial charge in [-0.1, -0.05) is 45.4 Å². The normalized spacial score (nSPS) is 14.5. The molecule has 1 saturated heterocycles. The van der Waals surface area contributed by atoms with Crippen LogP contribution in [0.25, 0.3) is 11.0 Å². The number of rotatable bonds is 12. The fraction of sp³-hybridized carbons (Fsp3) is 0.739. The average Bonchev–Trinajstić information content (AvgIpc) is 3.20. The predicted octanol–water partition coefficient (Wildman–Crippen LogP) is 4.65. The van der Waals surface area contributed by atoms with Crippen LogP contribution in [0.2, 0.25) is 0 Å². The first-order chi connectivity index (χ1) is 15.2. The van der Waals surface area contributed by atoms with Crippen molar-refractivity contribution in [3.05, 3.63) is 6.20 Å². The summed E-state index contributed by atoms with van der Waals surface area (Å²) >= 11 is 1.71. The van der Waals surface area contributed by atoms with Crippen molar-refractivity contribution < 1.29 is 4.79 Å². The second-order valence-corrected chi connectivity index (χ2v) is 9.46. The number of thioether (sulfide) groups is 1. The molecule has 172 valence electrons. The summed E-state index contributed by atoms with van der Waals surface area (Å²) in [7, 11) is 0. The molecule has 1 amide bonds. The Morgan fingerprint density at radius 1 is 1.10 bits per heavy atom. The summed E-state index contributed by atoms with van der Waals surface area (Å²) in [5.41, 5.74) is 0.877. The first-order valence-corrected chi connectivity index (χ1v) is 13.0. The monoisotopic (exact) mass is 446 g/mol. The quantitative estimate of drug-likeness (QED) is 0.378. The molecule has 3 rings (SSSR count). The second-order valence-electron chi connectivity index (χ2n) is 8.40. The minimum Gasteiger partial charge on any atom is -0.356 e. The summed E-state index contributed by atoms with van der Waals surface area (Å²) in [6, 6.07) is 0. The lowest BCUT2D eigenvalue weighted by atomic mass is 9.97. The van der Waals surface area contributed by atoms with Crippen LogP contribution in [0.15, 0.2) is 11.4 Å². The molecule has 0 bridgehead atoms. The fourth-order valence-electron chi connectivity index (χ4n) is 4.22. The minimum absolute atomic E-state index is 0.120. The zero-order chi connectivity index (χ0) is 22.1. The standard InChI is InChI=1S/C23H38N6OS/c1-4-10-18(11-5-2)22(30)24-12-15-29-21-19(17-25-29)20(28-13-8-7-9-14-28)26-23(27-21)31-16-6-3/h17-18H,4-16H2,1-3H3,(H,24,30). The van der Waals surface area contributed by atoms with E-state index >= 15 is 0 Å². The van der Waals surface area contributed by atoms with E-state index in [9.17, 15) is 4.79 Å². The molecule has 1 N–H and O–H groups in total. The molecule has 31 heavy (non-hydrogen) atoms. The number of fused-ring (bicyclic) bond motifs is 1. The maximum absolute atomic E-state index is 12.6. The van der Waals surface area contributed by atoms with Gasteiger partial charge in [-0.05, 0) is 38.5 Å². The summed E-state index contributed by atoms with van der Waals surface area (Å²) < 4.78 is 1.93. The van der Waals surface area contributed by atoms with Gasteiger partial charge in [0.05, 0.1) is 18.1 Å². The lowest BCUT2D eigenvalue weighted by Gasteiger charge is -2.28. The molecule has 0 aliphatic carbocycles. The summed E-state index contributed by atoms with van der Waals surface area (Å²) in [5, 5.41) is 9.58. The number of piperidine rings is 1. The van der Waals surface area contributed by atoms with Crippen LogP contribution >= 0.6 is 11.8 Å². The Bertz CT molecular complexity index is 827. The van der Waals surface area contributed by atoms with Gasteiger partial charge in [0.1, 0.15) is 5.82 Å². The molecule has 0 spiro atoms. The van der Waals surface area contributed by atoms with Gasteiger partial charge in [0.25, 0.3) is 0 Å². The Morgan fingerprint density at radius 2 is 1.84 bits per heavy atom. The van der Waals surface area contributed by atoms with E-state index in [0.717, 1.165) is 73.0 Å². The van der Waals surface area contributed by atoms with Crippen molar-refractivity contribution in [2.75, 3.05) is 30.3 Å². The van der Waals surface area contributed by atoms with E-state index in [1.807, 2.05) is 10.9 Å². The maximum Gasteiger partial charge on any atom is 0.223 e. The van der Waals surface area contributed by atoms with Crippen LogP contribution in [-0.4, -0.2) is 51.0 Å². The van der Waals surface area contributed by atoms with Crippen LogP contribution in [0.4, 0.5) is 5.82 Å². The maximum atomic E-state index is 12.6. The van der Waals surface area contributed by atoms with Crippen molar-refractivity contribution in [3.63, 3.8) is 0 Å². The molecule has 1 aliphatic rings. The number of anilines is 1. The third kappa shape index (κ3) is 6.34. The van der Waals surface area contributed by atoms with E-state index in [0.29, 0.717) is 13.1 Å². The number of hydrogen-bond donors (Lipinski definition) is 1. The largest absolute Gasteiger partial charge is 0.356 e. The van der Waals surface area contributed by atoms with Crippen molar-refractivity contribution in [3.8, 4) is 0 Å². The number of carbonyl (C=O) groups excluding carboxylic acids is 1. The number of nitrogens with zero attached hydrogens (tertiary/aromatic N) is 5. The number of hydrogen-bond acceptors (Lipinski definition) is 6. The van der Waals surface area contributed by atoms with Crippen molar-refractivity contribution in [1.82, 2.24) is 25.1 Å². The Hall–Kier alpha value is -1.83. The van der Waals surface area contributed by atoms with Crippen LogP contribution in [-0.2, 0) is 11.3 Å². The van der Waals surface area contributed by atoms with Crippen LogP contribution in [0.3, 0.4) is 0 Å². The van der Waals surface area contributed by atoms with E-state index in [2.05, 4.69) is 36.1 Å². The Kier molecular flexibility index (Phi) is 9.43. The van der Waals surface area contributed by atoms with Crippen LogP contribution < -0.4 is 10.2 Å². The van der Waals surface area contributed by atoms with Crippen LogP contribution in [0.5, 0.6) is 0 Å². The molecule has 1 fully saturated rings. The van der Waals surface area contributed by atoms with Gasteiger partial charge in [0.2, 0.25) is 5.91 Å². The van der Waals surface area contributed by atoms with Gasteiger partial charge in [-0.3, -0.25) is 4.79 Å². The molecule has 0 aromatic carbocycles. The highest BCUT2D eigenvalue weighted by Crippen LogP contribution is 2.29. The van der Waals surface area contributed by atoms with Gasteiger partial charge in [-0.15, -0.1) is 0 Å². The van der Waals surface area contributed by atoms with Gasteiger partial charge < -0.3 is 10.2 Å². The molecule has 8 heteroatoms. The summed E-state index contributed by atoms with van der Waals surface area (Å²) in [6.45, 7) is 9.73. The van der Waals surface area contributed by atoms with E-state index in [-0.39, 0.29) is 11.8 Å². The van der Waals surface area contributed by atoms with Gasteiger partial charge in [0, 0.05) is 31.3 Å². The highest BCUT2D eigenvalue weighted by atomic mass is 32.2. The molecule has 1 aliphatic heterocycles. The van der Waals surface area contributed by atoms with E-state index in [1.54, 1.807) is 11.8 Å². The summed E-state index contributed by atoms with van der Waals surface area (Å²) in [5.74, 6) is 2.31. The van der Waals surface area contributed by atoms with Crippen molar-refractivity contribution in [2.24, 2.45) is 5.92 Å². The fourth-order valence-corrected chi connectivity index (χ4v) is 4.91. The summed E-state index contributed by atoms with van der Waals surface area (Å²) in [6.07, 6.45) is 10.7. The molecule has 0 saturated carbocycles.